The summed E-state index contributed by atoms with van der Waals surface area (Å²) in [5, 5.41) is 5.15. The van der Waals surface area contributed by atoms with Crippen LogP contribution < -0.4 is 5.32 Å². The Bertz CT molecular complexity index is 464. The summed E-state index contributed by atoms with van der Waals surface area (Å²) in [7, 11) is -2.95. The molecule has 0 spiro atoms. The maximum absolute atomic E-state index is 12.0. The summed E-state index contributed by atoms with van der Waals surface area (Å²) in [5.41, 5.74) is 1.19. The second-order valence-electron chi connectivity index (χ2n) is 4.40. The average Bonchev–Trinajstić information content (AvgIpc) is 2.57. The molecule has 1 aromatic rings. The molecule has 2 heterocycles. The van der Waals surface area contributed by atoms with Crippen molar-refractivity contribution in [3.63, 3.8) is 0 Å². The first kappa shape index (κ1) is 12.1. The molecule has 3 nitrogen and oxygen atoms in total. The van der Waals surface area contributed by atoms with E-state index >= 15 is 0 Å². The van der Waals surface area contributed by atoms with Crippen molar-refractivity contribution in [1.82, 2.24) is 5.32 Å². The molecule has 2 rings (SSSR count). The zero-order valence-electron chi connectivity index (χ0n) is 9.56. The summed E-state index contributed by atoms with van der Waals surface area (Å²) in [6, 6.07) is 2.03. The number of rotatable bonds is 1. The lowest BCUT2D eigenvalue weighted by Crippen LogP contribution is -2.25. The van der Waals surface area contributed by atoms with E-state index in [9.17, 15) is 8.42 Å². The van der Waals surface area contributed by atoms with E-state index in [4.69, 9.17) is 0 Å². The molecule has 0 radical (unpaired) electrons. The molecule has 1 aliphatic rings. The fourth-order valence-electron chi connectivity index (χ4n) is 2.01. The predicted octanol–water partition coefficient (Wildman–Crippen LogP) is 1.89. The smallest absolute Gasteiger partial charge is 0.154 e. The number of hydrogen-bond acceptors (Lipinski definition) is 4. The van der Waals surface area contributed by atoms with Crippen LogP contribution in [0.4, 0.5) is 0 Å². The van der Waals surface area contributed by atoms with Crippen LogP contribution in [0.25, 0.3) is 0 Å². The van der Waals surface area contributed by atoms with Crippen LogP contribution in [-0.4, -0.2) is 26.0 Å². The number of aryl methyl sites for hydroxylation is 1. The Balaban J connectivity index is 2.28. The molecule has 1 saturated heterocycles. The Hall–Kier alpha value is -0.390. The number of hydrogen-bond donors (Lipinski definition) is 1. The highest BCUT2D eigenvalue weighted by atomic mass is 32.2. The predicted molar refractivity (Wildman–Crippen MR) is 67.7 cm³/mol. The van der Waals surface area contributed by atoms with E-state index in [0.717, 1.165) is 11.4 Å². The lowest BCUT2D eigenvalue weighted by Gasteiger charge is -2.15. The van der Waals surface area contributed by atoms with Crippen molar-refractivity contribution in [3.05, 3.63) is 21.9 Å². The summed E-state index contributed by atoms with van der Waals surface area (Å²) >= 11 is 1.64. The zero-order chi connectivity index (χ0) is 11.8. The fourth-order valence-corrected chi connectivity index (χ4v) is 4.67. The third-order valence-electron chi connectivity index (χ3n) is 3.17. The highest BCUT2D eigenvalue weighted by molar-refractivity contribution is 7.92. The van der Waals surface area contributed by atoms with Crippen LogP contribution in [0.15, 0.2) is 11.4 Å². The van der Waals surface area contributed by atoms with Crippen LogP contribution in [0.2, 0.25) is 0 Å². The topological polar surface area (TPSA) is 46.2 Å². The summed E-state index contributed by atoms with van der Waals surface area (Å²) < 4.78 is 24.0. The number of sulfone groups is 1. The quantitative estimate of drug-likeness (QED) is 0.838. The third kappa shape index (κ3) is 2.31. The van der Waals surface area contributed by atoms with Gasteiger partial charge in [0.1, 0.15) is 0 Å². The normalized spacial score (nSPS) is 29.9. The van der Waals surface area contributed by atoms with Gasteiger partial charge in [0, 0.05) is 4.88 Å². The minimum atomic E-state index is -2.95. The molecule has 2 unspecified atom stereocenters. The minimum absolute atomic E-state index is 0.0186. The Morgan fingerprint density at radius 2 is 2.25 bits per heavy atom. The van der Waals surface area contributed by atoms with E-state index in [1.165, 1.54) is 5.56 Å². The van der Waals surface area contributed by atoms with Crippen LogP contribution in [0.1, 0.15) is 29.8 Å². The summed E-state index contributed by atoms with van der Waals surface area (Å²) in [5.74, 6) is 0.232. The molecule has 2 atom stereocenters. The highest BCUT2D eigenvalue weighted by Crippen LogP contribution is 2.28. The average molecular weight is 259 g/mol. The van der Waals surface area contributed by atoms with Crippen LogP contribution in [0.5, 0.6) is 0 Å². The van der Waals surface area contributed by atoms with Gasteiger partial charge in [-0.3, -0.25) is 0 Å². The third-order valence-corrected chi connectivity index (χ3v) is 6.56. The van der Waals surface area contributed by atoms with Crippen LogP contribution in [0, 0.1) is 6.92 Å². The van der Waals surface area contributed by atoms with Gasteiger partial charge in [-0.15, -0.1) is 11.3 Å². The Kier molecular flexibility index (Phi) is 3.37. The zero-order valence-corrected chi connectivity index (χ0v) is 11.2. The van der Waals surface area contributed by atoms with E-state index in [-0.39, 0.29) is 17.0 Å². The maximum atomic E-state index is 12.0. The van der Waals surface area contributed by atoms with Gasteiger partial charge in [-0.05, 0) is 43.8 Å². The lowest BCUT2D eigenvalue weighted by atomic mass is 10.2. The SMILES string of the molecule is Cc1ccsc1C1CS(=O)(=O)C(C)CCN1. The lowest BCUT2D eigenvalue weighted by molar-refractivity contribution is 0.575. The summed E-state index contributed by atoms with van der Waals surface area (Å²) in [6.07, 6.45) is 0.712. The van der Waals surface area contributed by atoms with Crippen LogP contribution in [0.3, 0.4) is 0 Å². The molecule has 90 valence electrons. The van der Waals surface area contributed by atoms with Crippen molar-refractivity contribution in [1.29, 1.82) is 0 Å². The first-order valence-electron chi connectivity index (χ1n) is 5.49. The standard InChI is InChI=1S/C11H17NO2S2/c1-8-4-6-15-11(8)10-7-16(13,14)9(2)3-5-12-10/h4,6,9-10,12H,3,5,7H2,1-2H3. The van der Waals surface area contributed by atoms with E-state index in [1.807, 2.05) is 18.4 Å². The van der Waals surface area contributed by atoms with E-state index < -0.39 is 9.84 Å². The first-order valence-corrected chi connectivity index (χ1v) is 8.09. The number of thiophene rings is 1. The van der Waals surface area contributed by atoms with Gasteiger partial charge in [-0.25, -0.2) is 8.42 Å². The van der Waals surface area contributed by atoms with E-state index in [2.05, 4.69) is 5.32 Å². The molecule has 1 fully saturated rings. The van der Waals surface area contributed by atoms with Crippen molar-refractivity contribution < 1.29 is 8.42 Å². The molecule has 0 bridgehead atoms. The van der Waals surface area contributed by atoms with Gasteiger partial charge in [-0.1, -0.05) is 0 Å². The molecule has 5 heteroatoms. The summed E-state index contributed by atoms with van der Waals surface area (Å²) in [6.45, 7) is 4.62. The molecular weight excluding hydrogens is 242 g/mol. The number of nitrogens with one attached hydrogen (secondary N) is 1. The molecule has 1 N–H and O–H groups in total. The summed E-state index contributed by atoms with van der Waals surface area (Å²) in [4.78, 5) is 1.16. The molecule has 1 aliphatic heterocycles. The van der Waals surface area contributed by atoms with Crippen molar-refractivity contribution in [3.8, 4) is 0 Å². The Labute approximate surface area is 101 Å². The van der Waals surface area contributed by atoms with Gasteiger partial charge >= 0.3 is 0 Å². The van der Waals surface area contributed by atoms with Gasteiger partial charge in [0.25, 0.3) is 0 Å². The van der Waals surface area contributed by atoms with Crippen molar-refractivity contribution >= 4 is 21.2 Å². The second kappa shape index (κ2) is 4.47. The first-order chi connectivity index (χ1) is 7.50. The van der Waals surface area contributed by atoms with Crippen LogP contribution >= 0.6 is 11.3 Å². The van der Waals surface area contributed by atoms with Gasteiger partial charge in [0.2, 0.25) is 0 Å². The highest BCUT2D eigenvalue weighted by Gasteiger charge is 2.30. The van der Waals surface area contributed by atoms with Gasteiger partial charge in [-0.2, -0.15) is 0 Å². The van der Waals surface area contributed by atoms with Gasteiger partial charge in [0.15, 0.2) is 9.84 Å². The van der Waals surface area contributed by atoms with Gasteiger partial charge < -0.3 is 5.32 Å². The van der Waals surface area contributed by atoms with Gasteiger partial charge in [0.05, 0.1) is 17.0 Å². The molecule has 0 aromatic carbocycles. The van der Waals surface area contributed by atoms with Crippen molar-refractivity contribution in [2.45, 2.75) is 31.6 Å². The van der Waals surface area contributed by atoms with Crippen molar-refractivity contribution in [2.75, 3.05) is 12.3 Å². The van der Waals surface area contributed by atoms with E-state index in [1.54, 1.807) is 18.3 Å². The molecule has 1 aromatic heterocycles. The Morgan fingerprint density at radius 1 is 1.50 bits per heavy atom. The monoisotopic (exact) mass is 259 g/mol. The van der Waals surface area contributed by atoms with Crippen molar-refractivity contribution in [2.24, 2.45) is 0 Å². The van der Waals surface area contributed by atoms with Crippen LogP contribution in [-0.2, 0) is 9.84 Å². The maximum Gasteiger partial charge on any atom is 0.154 e. The largest absolute Gasteiger partial charge is 0.308 e. The molecule has 0 amide bonds. The Morgan fingerprint density at radius 3 is 2.88 bits per heavy atom. The molecular formula is C11H17NO2S2. The fraction of sp³-hybridized carbons (Fsp3) is 0.636. The molecule has 0 saturated carbocycles. The molecule has 16 heavy (non-hydrogen) atoms. The minimum Gasteiger partial charge on any atom is -0.308 e. The second-order valence-corrected chi connectivity index (χ2v) is 7.81. The molecule has 0 aliphatic carbocycles. The van der Waals surface area contributed by atoms with E-state index in [0.29, 0.717) is 6.42 Å².